The molecule has 6 heteroatoms. The molecule has 6 aromatic carbocycles. The molecule has 0 aliphatic rings. The van der Waals surface area contributed by atoms with Crippen LogP contribution in [-0.4, -0.2) is 14.1 Å². The maximum atomic E-state index is 6.73. The minimum Gasteiger partial charge on any atom is -0.510 e. The van der Waals surface area contributed by atoms with Crippen LogP contribution < -0.4 is 9.30 Å². The van der Waals surface area contributed by atoms with Crippen LogP contribution in [0.5, 0.6) is 11.5 Å². The second-order valence-electron chi connectivity index (χ2n) is 19.9. The summed E-state index contributed by atoms with van der Waals surface area (Å²) in [6.45, 7) is 22.6. The zero-order chi connectivity index (χ0) is 44.3. The molecule has 3 aromatic heterocycles. The van der Waals surface area contributed by atoms with E-state index in [2.05, 4.69) is 235 Å². The Bertz CT molecular complexity index is 3110. The molecular formula is C58H56N4OPt-2. The van der Waals surface area contributed by atoms with Crippen molar-refractivity contribution in [3.8, 4) is 28.7 Å². The smallest absolute Gasteiger partial charge is 0.267 e. The van der Waals surface area contributed by atoms with E-state index in [1.807, 2.05) is 24.4 Å². The zero-order valence-electron chi connectivity index (χ0n) is 38.5. The number of benzene rings is 6. The third-order valence-corrected chi connectivity index (χ3v) is 12.7. The van der Waals surface area contributed by atoms with Crippen LogP contribution in [0.1, 0.15) is 103 Å². The van der Waals surface area contributed by atoms with Gasteiger partial charge in [0.1, 0.15) is 5.82 Å². The minimum atomic E-state index is -0.365. The number of rotatable bonds is 9. The Hall–Kier alpha value is -6.03. The van der Waals surface area contributed by atoms with Gasteiger partial charge in [0.2, 0.25) is 0 Å². The van der Waals surface area contributed by atoms with E-state index >= 15 is 0 Å². The van der Waals surface area contributed by atoms with Gasteiger partial charge >= 0.3 is 0 Å². The number of aromatic nitrogens is 4. The summed E-state index contributed by atoms with van der Waals surface area (Å²) in [5.74, 6) is 2.02. The van der Waals surface area contributed by atoms with Gasteiger partial charge in [-0.3, -0.25) is 4.57 Å². The quantitative estimate of drug-likeness (QED) is 0.107. The maximum Gasteiger partial charge on any atom is 0.267 e. The van der Waals surface area contributed by atoms with Crippen LogP contribution in [0.25, 0.3) is 39.0 Å². The number of hydrogen-bond acceptors (Lipinski definition) is 2. The van der Waals surface area contributed by atoms with Crippen molar-refractivity contribution < 1.29 is 30.4 Å². The summed E-state index contributed by atoms with van der Waals surface area (Å²) in [7, 11) is 0. The first-order valence-electron chi connectivity index (χ1n) is 22.0. The van der Waals surface area contributed by atoms with Crippen molar-refractivity contribution >= 4 is 21.8 Å². The molecule has 5 nitrogen and oxygen atoms in total. The fourth-order valence-electron chi connectivity index (χ4n) is 8.64. The molecule has 3 heterocycles. The van der Waals surface area contributed by atoms with Gasteiger partial charge in [-0.2, -0.15) is 18.2 Å². The van der Waals surface area contributed by atoms with Crippen LogP contribution >= 0.6 is 0 Å². The Balaban J connectivity index is 0.00000560. The first kappa shape index (κ1) is 44.6. The van der Waals surface area contributed by atoms with Crippen molar-refractivity contribution in [2.45, 2.75) is 90.9 Å². The normalized spacial score (nSPS) is 12.4. The van der Waals surface area contributed by atoms with E-state index in [9.17, 15) is 0 Å². The molecule has 0 aliphatic carbocycles. The minimum absolute atomic E-state index is 0. The van der Waals surface area contributed by atoms with Crippen molar-refractivity contribution in [3.05, 3.63) is 210 Å². The molecule has 0 aliphatic heterocycles. The Morgan fingerprint density at radius 2 is 1.16 bits per heavy atom. The summed E-state index contributed by atoms with van der Waals surface area (Å²) >= 11 is 0. The molecule has 9 rings (SSSR count). The molecule has 0 saturated heterocycles. The van der Waals surface area contributed by atoms with E-state index in [-0.39, 0.29) is 42.7 Å². The Kier molecular flexibility index (Phi) is 11.7. The average Bonchev–Trinajstić information content (AvgIpc) is 3.87. The predicted octanol–water partition coefficient (Wildman–Crippen LogP) is 13.7. The third-order valence-electron chi connectivity index (χ3n) is 12.7. The molecule has 64 heavy (non-hydrogen) atoms. The SMILES string of the molecule is CC(C)(C)c1cccc(-[n+]2[c-]n(-c3[c-]c(Oc4[c-]c5c(cc4)c4cc(C(C)(C)c6ccccc6)ccc4n5-c4cc(C(C)(C)C)ccn4)ccc3)c(C(C)(C)c3ccccc3)c2)c1.[Pt]. The van der Waals surface area contributed by atoms with Gasteiger partial charge in [-0.25, -0.2) is 4.98 Å². The van der Waals surface area contributed by atoms with Gasteiger partial charge in [0, 0.05) is 61.3 Å². The first-order valence-corrected chi connectivity index (χ1v) is 22.0. The Labute approximate surface area is 393 Å². The van der Waals surface area contributed by atoms with Crippen LogP contribution in [0.2, 0.25) is 0 Å². The van der Waals surface area contributed by atoms with E-state index in [0.717, 1.165) is 44.7 Å². The van der Waals surface area contributed by atoms with E-state index in [4.69, 9.17) is 9.72 Å². The molecule has 0 spiro atoms. The van der Waals surface area contributed by atoms with Crippen LogP contribution in [0, 0.1) is 18.5 Å². The van der Waals surface area contributed by atoms with Crippen molar-refractivity contribution in [2.75, 3.05) is 0 Å². The van der Waals surface area contributed by atoms with Crippen molar-refractivity contribution in [2.24, 2.45) is 0 Å². The molecule has 0 bridgehead atoms. The standard InChI is InChI=1S/C58H56N4O.Pt/c1-55(2,3)42-23-17-24-45(33-42)60-38-53(58(9,10)41-21-15-12-16-22-41)61(39-60)46-25-18-26-47(36-46)63-48-28-29-49-50-34-44(57(7,8)40-19-13-11-14-20-40)27-30-51(50)62(52(49)37-48)54-35-43(31-32-59-54)56(4,5)6;/h11-35,38H,1-10H3;/q-2;. The number of pyridine rings is 1. The Morgan fingerprint density at radius 3 is 1.84 bits per heavy atom. The molecule has 0 unspecified atom stereocenters. The molecule has 0 fully saturated rings. The van der Waals surface area contributed by atoms with Gasteiger partial charge in [-0.15, -0.1) is 29.7 Å². The summed E-state index contributed by atoms with van der Waals surface area (Å²) in [5, 5.41) is 2.22. The number of imidazole rings is 1. The summed E-state index contributed by atoms with van der Waals surface area (Å²) in [5.41, 5.74) is 10.5. The summed E-state index contributed by atoms with van der Waals surface area (Å²) in [6, 6.07) is 58.8. The van der Waals surface area contributed by atoms with Gasteiger partial charge in [-0.1, -0.05) is 160 Å². The molecule has 0 N–H and O–H groups in total. The van der Waals surface area contributed by atoms with Crippen molar-refractivity contribution in [1.29, 1.82) is 0 Å². The topological polar surface area (TPSA) is 35.9 Å². The van der Waals surface area contributed by atoms with Gasteiger partial charge in [0.05, 0.1) is 11.4 Å². The van der Waals surface area contributed by atoms with Gasteiger partial charge in [0.15, 0.2) is 0 Å². The molecule has 0 saturated carbocycles. The van der Waals surface area contributed by atoms with Gasteiger partial charge < -0.3 is 13.9 Å². The van der Waals surface area contributed by atoms with Crippen LogP contribution in [0.4, 0.5) is 0 Å². The van der Waals surface area contributed by atoms with Gasteiger partial charge in [-0.05, 0) is 80.1 Å². The molecule has 9 aromatic rings. The third kappa shape index (κ3) is 8.39. The zero-order valence-corrected chi connectivity index (χ0v) is 40.8. The van der Waals surface area contributed by atoms with Crippen molar-refractivity contribution in [3.63, 3.8) is 0 Å². The number of ether oxygens (including phenoxy) is 1. The van der Waals surface area contributed by atoms with Crippen molar-refractivity contribution in [1.82, 2.24) is 14.1 Å². The number of fused-ring (bicyclic) bond motifs is 3. The average molecular weight is 1020 g/mol. The monoisotopic (exact) mass is 1020 g/mol. The van der Waals surface area contributed by atoms with Crippen LogP contribution in [0.3, 0.4) is 0 Å². The first-order chi connectivity index (χ1) is 30.0. The van der Waals surface area contributed by atoms with Gasteiger partial charge in [0.25, 0.3) is 6.33 Å². The number of hydrogen-bond donors (Lipinski definition) is 0. The number of nitrogens with zero attached hydrogens (tertiary/aromatic N) is 4. The van der Waals surface area contributed by atoms with Crippen LogP contribution in [0.15, 0.2) is 158 Å². The second-order valence-corrected chi connectivity index (χ2v) is 19.9. The fourth-order valence-corrected chi connectivity index (χ4v) is 8.64. The fraction of sp³-hybridized carbons (Fsp3) is 0.241. The molecule has 0 radical (unpaired) electrons. The Morgan fingerprint density at radius 1 is 0.531 bits per heavy atom. The van der Waals surface area contributed by atoms with E-state index in [1.54, 1.807) is 0 Å². The summed E-state index contributed by atoms with van der Waals surface area (Å²) in [6.07, 6.45) is 7.81. The maximum absolute atomic E-state index is 6.73. The predicted molar refractivity (Wildman–Crippen MR) is 257 cm³/mol. The molecule has 326 valence electrons. The van der Waals surface area contributed by atoms with E-state index in [0.29, 0.717) is 11.5 Å². The largest absolute Gasteiger partial charge is 0.510 e. The molecule has 0 atom stereocenters. The van der Waals surface area contributed by atoms with E-state index < -0.39 is 0 Å². The summed E-state index contributed by atoms with van der Waals surface area (Å²) in [4.78, 5) is 4.95. The summed E-state index contributed by atoms with van der Waals surface area (Å²) < 4.78 is 13.2. The molecular weight excluding hydrogens is 964 g/mol. The van der Waals surface area contributed by atoms with Crippen LogP contribution in [-0.2, 0) is 42.7 Å². The second kappa shape index (κ2) is 16.8. The molecule has 0 amide bonds. The van der Waals surface area contributed by atoms with E-state index in [1.165, 1.54) is 27.8 Å².